The van der Waals surface area contributed by atoms with Gasteiger partial charge in [-0.25, -0.2) is 0 Å². The summed E-state index contributed by atoms with van der Waals surface area (Å²) < 4.78 is 10.7. The zero-order chi connectivity index (χ0) is 24.0. The van der Waals surface area contributed by atoms with Gasteiger partial charge < -0.3 is 14.4 Å². The van der Waals surface area contributed by atoms with Crippen molar-refractivity contribution in [2.75, 3.05) is 45.3 Å². The number of ether oxygens (including phenoxy) is 2. The summed E-state index contributed by atoms with van der Waals surface area (Å²) in [5, 5.41) is 0. The highest BCUT2D eigenvalue weighted by Gasteiger charge is 2.39. The van der Waals surface area contributed by atoms with Crippen molar-refractivity contribution in [1.29, 1.82) is 0 Å². The largest absolute Gasteiger partial charge is 0.458 e. The van der Waals surface area contributed by atoms with Crippen molar-refractivity contribution in [1.82, 2.24) is 4.90 Å². The summed E-state index contributed by atoms with van der Waals surface area (Å²) in [6.07, 6.45) is 0.992. The Morgan fingerprint density at radius 3 is 2.18 bits per heavy atom. The van der Waals surface area contributed by atoms with E-state index in [4.69, 9.17) is 9.47 Å². The van der Waals surface area contributed by atoms with Crippen LogP contribution in [0.1, 0.15) is 54.8 Å². The molecule has 1 heterocycles. The molecule has 0 amide bonds. The average Bonchev–Trinajstić information content (AvgIpc) is 2.82. The summed E-state index contributed by atoms with van der Waals surface area (Å²) in [6.45, 7) is 8.55. The summed E-state index contributed by atoms with van der Waals surface area (Å²) in [5.41, 5.74) is 3.21. The maximum Gasteiger partial charge on any atom is 0.303 e. The number of morpholine rings is 1. The predicted molar refractivity (Wildman–Crippen MR) is 131 cm³/mol. The number of rotatable bonds is 9. The first kappa shape index (κ1) is 24.9. The summed E-state index contributed by atoms with van der Waals surface area (Å²) in [6, 6.07) is 16.0. The molecule has 1 aliphatic rings. The molecule has 0 bridgehead atoms. The molecule has 0 N–H and O–H groups in total. The number of esters is 1. The number of carbonyl (C=O) groups is 2. The van der Waals surface area contributed by atoms with Crippen molar-refractivity contribution in [2.45, 2.75) is 45.3 Å². The van der Waals surface area contributed by atoms with Gasteiger partial charge in [0.25, 0.3) is 0 Å². The van der Waals surface area contributed by atoms with Crippen molar-refractivity contribution in [3.8, 4) is 0 Å². The van der Waals surface area contributed by atoms with Crippen LogP contribution in [0.15, 0.2) is 48.5 Å². The van der Waals surface area contributed by atoms with Crippen LogP contribution in [0, 0.1) is 0 Å². The minimum atomic E-state index is -0.649. The Bertz CT molecular complexity index is 934. The van der Waals surface area contributed by atoms with E-state index in [-0.39, 0.29) is 17.9 Å². The maximum absolute atomic E-state index is 13.8. The van der Waals surface area contributed by atoms with Gasteiger partial charge in [-0.15, -0.1) is 0 Å². The molecule has 2 unspecified atom stereocenters. The second-order valence-corrected chi connectivity index (χ2v) is 8.93. The normalized spacial score (nSPS) is 16.8. The lowest BCUT2D eigenvalue weighted by atomic mass is 9.80. The van der Waals surface area contributed by atoms with E-state index in [1.165, 1.54) is 6.92 Å². The van der Waals surface area contributed by atoms with Gasteiger partial charge in [0.1, 0.15) is 6.10 Å². The van der Waals surface area contributed by atoms with Gasteiger partial charge in [0.05, 0.1) is 18.8 Å². The van der Waals surface area contributed by atoms with Gasteiger partial charge in [-0.1, -0.05) is 31.2 Å². The highest BCUT2D eigenvalue weighted by Crippen LogP contribution is 2.29. The molecule has 33 heavy (non-hydrogen) atoms. The van der Waals surface area contributed by atoms with E-state index >= 15 is 0 Å². The van der Waals surface area contributed by atoms with E-state index in [0.29, 0.717) is 12.8 Å². The Labute approximate surface area is 197 Å². The lowest BCUT2D eigenvalue weighted by Crippen LogP contribution is -2.52. The Morgan fingerprint density at radius 1 is 1.06 bits per heavy atom. The summed E-state index contributed by atoms with van der Waals surface area (Å²) in [5.74, 6) is -0.171. The maximum atomic E-state index is 13.8. The molecule has 2 aromatic rings. The summed E-state index contributed by atoms with van der Waals surface area (Å²) in [4.78, 5) is 29.4. The number of hydrogen-bond donors (Lipinski definition) is 0. The molecule has 0 saturated carbocycles. The SMILES string of the molecule is CCC(Cc1ccc(C(C)OC(C)=O)cc1)(C(=O)c1ccc(N2CCOCC2)cc1)N(C)C. The molecule has 2 atom stereocenters. The fourth-order valence-corrected chi connectivity index (χ4v) is 4.52. The first-order chi connectivity index (χ1) is 15.8. The Morgan fingerprint density at radius 2 is 1.67 bits per heavy atom. The number of ketones is 1. The van der Waals surface area contributed by atoms with Crippen molar-refractivity contribution in [3.05, 3.63) is 65.2 Å². The highest BCUT2D eigenvalue weighted by atomic mass is 16.5. The van der Waals surface area contributed by atoms with Crippen LogP contribution in [0.25, 0.3) is 0 Å². The van der Waals surface area contributed by atoms with Crippen molar-refractivity contribution < 1.29 is 19.1 Å². The predicted octanol–water partition coefficient (Wildman–Crippen LogP) is 4.28. The molecule has 1 saturated heterocycles. The van der Waals surface area contributed by atoms with E-state index in [1.54, 1.807) is 0 Å². The molecular formula is C27H36N2O4. The van der Waals surface area contributed by atoms with Crippen LogP contribution in [-0.2, 0) is 20.7 Å². The minimum Gasteiger partial charge on any atom is -0.458 e. The quantitative estimate of drug-likeness (QED) is 0.418. The second kappa shape index (κ2) is 10.9. The number of likely N-dealkylation sites (N-methyl/N-ethyl adjacent to an activating group) is 1. The first-order valence-electron chi connectivity index (χ1n) is 11.7. The number of nitrogens with zero attached hydrogens (tertiary/aromatic N) is 2. The first-order valence-corrected chi connectivity index (χ1v) is 11.7. The molecule has 2 aromatic carbocycles. The molecule has 3 rings (SSSR count). The molecule has 1 aliphatic heterocycles. The molecular weight excluding hydrogens is 416 g/mol. The van der Waals surface area contributed by atoms with Gasteiger partial charge in [0.15, 0.2) is 5.78 Å². The van der Waals surface area contributed by atoms with Crippen LogP contribution >= 0.6 is 0 Å². The minimum absolute atomic E-state index is 0.126. The zero-order valence-electron chi connectivity index (χ0n) is 20.5. The van der Waals surface area contributed by atoms with Gasteiger partial charge in [-0.2, -0.15) is 0 Å². The third-order valence-electron chi connectivity index (χ3n) is 6.66. The third-order valence-corrected chi connectivity index (χ3v) is 6.66. The van der Waals surface area contributed by atoms with Gasteiger partial charge in [-0.3, -0.25) is 14.5 Å². The molecule has 0 spiro atoms. The molecule has 0 aromatic heterocycles. The Balaban J connectivity index is 1.80. The van der Waals surface area contributed by atoms with Crippen molar-refractivity contribution in [2.24, 2.45) is 0 Å². The molecule has 0 aliphatic carbocycles. The fourth-order valence-electron chi connectivity index (χ4n) is 4.52. The van der Waals surface area contributed by atoms with Crippen molar-refractivity contribution >= 4 is 17.4 Å². The number of Topliss-reactive ketones (excluding diaryl/α,β-unsaturated/α-hetero) is 1. The molecule has 6 heteroatoms. The Hall–Kier alpha value is -2.70. The van der Waals surface area contributed by atoms with Crippen LogP contribution in [0.4, 0.5) is 5.69 Å². The van der Waals surface area contributed by atoms with E-state index in [1.807, 2.05) is 74.4 Å². The number of anilines is 1. The van der Waals surface area contributed by atoms with Crippen LogP contribution in [0.5, 0.6) is 0 Å². The van der Waals surface area contributed by atoms with Crippen LogP contribution in [0.2, 0.25) is 0 Å². The molecule has 178 valence electrons. The average molecular weight is 453 g/mol. The number of carbonyl (C=O) groups excluding carboxylic acids is 2. The smallest absolute Gasteiger partial charge is 0.303 e. The third kappa shape index (κ3) is 5.81. The van der Waals surface area contributed by atoms with Gasteiger partial charge in [-0.05, 0) is 69.3 Å². The number of benzene rings is 2. The van der Waals surface area contributed by atoms with Crippen LogP contribution in [-0.4, -0.2) is 62.6 Å². The standard InChI is InChI=1S/C27H36N2O4/c1-6-27(28(4)5,19-22-7-9-23(10-8-22)20(2)33-21(3)30)26(31)24-11-13-25(14-12-24)29-15-17-32-18-16-29/h7-14,20H,6,15-19H2,1-5H3. The van der Waals surface area contributed by atoms with Gasteiger partial charge in [0, 0.05) is 31.3 Å². The lowest BCUT2D eigenvalue weighted by Gasteiger charge is -2.38. The summed E-state index contributed by atoms with van der Waals surface area (Å²) >= 11 is 0. The second-order valence-electron chi connectivity index (χ2n) is 8.93. The highest BCUT2D eigenvalue weighted by molar-refractivity contribution is 6.03. The Kier molecular flexibility index (Phi) is 8.27. The van der Waals surface area contributed by atoms with E-state index in [0.717, 1.165) is 48.7 Å². The zero-order valence-corrected chi connectivity index (χ0v) is 20.5. The topological polar surface area (TPSA) is 59.1 Å². The van der Waals surface area contributed by atoms with Gasteiger partial charge in [0.2, 0.25) is 0 Å². The van der Waals surface area contributed by atoms with Crippen LogP contribution in [0.3, 0.4) is 0 Å². The van der Waals surface area contributed by atoms with E-state index < -0.39 is 5.54 Å². The monoisotopic (exact) mass is 452 g/mol. The molecule has 1 fully saturated rings. The number of hydrogen-bond acceptors (Lipinski definition) is 6. The molecule has 0 radical (unpaired) electrons. The van der Waals surface area contributed by atoms with E-state index in [9.17, 15) is 9.59 Å². The van der Waals surface area contributed by atoms with Crippen molar-refractivity contribution in [3.63, 3.8) is 0 Å². The van der Waals surface area contributed by atoms with E-state index in [2.05, 4.69) is 11.8 Å². The van der Waals surface area contributed by atoms with Gasteiger partial charge >= 0.3 is 5.97 Å². The van der Waals surface area contributed by atoms with Crippen LogP contribution < -0.4 is 4.90 Å². The lowest BCUT2D eigenvalue weighted by molar-refractivity contribution is -0.145. The summed E-state index contributed by atoms with van der Waals surface area (Å²) in [7, 11) is 3.95. The fraction of sp³-hybridized carbons (Fsp3) is 0.481. The molecule has 6 nitrogen and oxygen atoms in total.